The van der Waals surface area contributed by atoms with Crippen LogP contribution in [0.3, 0.4) is 0 Å². The molecule has 0 radical (unpaired) electrons. The molecule has 2 heteroatoms. The van der Waals surface area contributed by atoms with Gasteiger partial charge in [-0.25, -0.2) is 0 Å². The summed E-state index contributed by atoms with van der Waals surface area (Å²) < 4.78 is 1.27. The summed E-state index contributed by atoms with van der Waals surface area (Å²) in [5.41, 5.74) is 1.85. The van der Waals surface area contributed by atoms with Gasteiger partial charge in [-0.05, 0) is 31.5 Å². The second-order valence-corrected chi connectivity index (χ2v) is 5.35. The number of benzene rings is 1. The molecule has 0 heterocycles. The Hall–Kier alpha value is -0.340. The third-order valence-corrected chi connectivity index (χ3v) is 4.21. The molecule has 0 aromatic heterocycles. The molecular weight excluding hydrogens is 250 g/mol. The van der Waals surface area contributed by atoms with Crippen LogP contribution < -0.4 is 5.32 Å². The molecule has 0 atom stereocenters. The fourth-order valence-electron chi connectivity index (χ4n) is 2.82. The first-order valence-electron chi connectivity index (χ1n) is 5.68. The molecule has 2 rings (SSSR count). The van der Waals surface area contributed by atoms with Crippen molar-refractivity contribution in [2.24, 2.45) is 0 Å². The summed E-state index contributed by atoms with van der Waals surface area (Å²) in [5.74, 6) is 0. The zero-order valence-corrected chi connectivity index (χ0v) is 10.8. The van der Waals surface area contributed by atoms with Crippen LogP contribution in [0.1, 0.15) is 31.2 Å². The van der Waals surface area contributed by atoms with Crippen LogP contribution in [0.2, 0.25) is 0 Å². The standard InChI is InChI=1S/C13H18BrN/c1-15-10-13(8-4-5-9-13)11-6-2-3-7-12(11)14/h2-3,6-7,15H,4-5,8-10H2,1H3. The van der Waals surface area contributed by atoms with Crippen molar-refractivity contribution in [3.05, 3.63) is 34.3 Å². The molecule has 1 saturated carbocycles. The maximum Gasteiger partial charge on any atom is 0.0213 e. The molecule has 0 saturated heterocycles. The highest BCUT2D eigenvalue weighted by atomic mass is 79.9. The van der Waals surface area contributed by atoms with Gasteiger partial charge >= 0.3 is 0 Å². The molecule has 1 fully saturated rings. The lowest BCUT2D eigenvalue weighted by Gasteiger charge is -2.30. The fraction of sp³-hybridized carbons (Fsp3) is 0.538. The number of hydrogen-bond donors (Lipinski definition) is 1. The van der Waals surface area contributed by atoms with E-state index in [9.17, 15) is 0 Å². The van der Waals surface area contributed by atoms with E-state index in [0.29, 0.717) is 5.41 Å². The molecule has 1 aromatic rings. The van der Waals surface area contributed by atoms with Crippen molar-refractivity contribution in [2.75, 3.05) is 13.6 Å². The van der Waals surface area contributed by atoms with Crippen molar-refractivity contribution in [3.63, 3.8) is 0 Å². The minimum Gasteiger partial charge on any atom is -0.319 e. The lowest BCUT2D eigenvalue weighted by Crippen LogP contribution is -2.34. The minimum absolute atomic E-state index is 0.370. The zero-order valence-electron chi connectivity index (χ0n) is 9.22. The molecule has 1 nitrogen and oxygen atoms in total. The fourth-order valence-corrected chi connectivity index (χ4v) is 3.53. The Labute approximate surface area is 100 Å². The Kier molecular flexibility index (Phi) is 3.47. The second kappa shape index (κ2) is 4.67. The maximum atomic E-state index is 3.68. The van der Waals surface area contributed by atoms with E-state index >= 15 is 0 Å². The topological polar surface area (TPSA) is 12.0 Å². The van der Waals surface area contributed by atoms with Gasteiger partial charge in [-0.2, -0.15) is 0 Å². The van der Waals surface area contributed by atoms with E-state index in [1.807, 2.05) is 0 Å². The quantitative estimate of drug-likeness (QED) is 0.885. The minimum atomic E-state index is 0.370. The summed E-state index contributed by atoms with van der Waals surface area (Å²) >= 11 is 3.68. The number of likely N-dealkylation sites (N-methyl/N-ethyl adjacent to an activating group) is 1. The van der Waals surface area contributed by atoms with Crippen LogP contribution >= 0.6 is 15.9 Å². The summed E-state index contributed by atoms with van der Waals surface area (Å²) in [7, 11) is 2.05. The van der Waals surface area contributed by atoms with Crippen LogP contribution in [-0.4, -0.2) is 13.6 Å². The number of halogens is 1. The number of hydrogen-bond acceptors (Lipinski definition) is 1. The van der Waals surface area contributed by atoms with Crippen molar-refractivity contribution in [3.8, 4) is 0 Å². The zero-order chi connectivity index (χ0) is 10.7. The summed E-state index contributed by atoms with van der Waals surface area (Å²) in [4.78, 5) is 0. The summed E-state index contributed by atoms with van der Waals surface area (Å²) in [6.07, 6.45) is 5.36. The summed E-state index contributed by atoms with van der Waals surface area (Å²) in [6, 6.07) is 8.67. The SMILES string of the molecule is CNCC1(c2ccccc2Br)CCCC1. The monoisotopic (exact) mass is 267 g/mol. The van der Waals surface area contributed by atoms with Gasteiger partial charge in [0.2, 0.25) is 0 Å². The molecule has 15 heavy (non-hydrogen) atoms. The van der Waals surface area contributed by atoms with Crippen molar-refractivity contribution in [1.82, 2.24) is 5.32 Å². The van der Waals surface area contributed by atoms with Crippen molar-refractivity contribution < 1.29 is 0 Å². The molecule has 1 aromatic carbocycles. The molecule has 0 unspecified atom stereocenters. The lowest BCUT2D eigenvalue weighted by atomic mass is 9.79. The van der Waals surface area contributed by atoms with E-state index in [-0.39, 0.29) is 0 Å². The van der Waals surface area contributed by atoms with E-state index in [4.69, 9.17) is 0 Å². The van der Waals surface area contributed by atoms with Crippen LogP contribution in [0, 0.1) is 0 Å². The van der Waals surface area contributed by atoms with Crippen molar-refractivity contribution >= 4 is 15.9 Å². The van der Waals surface area contributed by atoms with Gasteiger partial charge < -0.3 is 5.32 Å². The first-order valence-corrected chi connectivity index (χ1v) is 6.47. The van der Waals surface area contributed by atoms with Gasteiger partial charge in [-0.15, -0.1) is 0 Å². The van der Waals surface area contributed by atoms with E-state index < -0.39 is 0 Å². The highest BCUT2D eigenvalue weighted by Crippen LogP contribution is 2.43. The number of rotatable bonds is 3. The normalized spacial score (nSPS) is 19.3. The Morgan fingerprint density at radius 1 is 1.27 bits per heavy atom. The summed E-state index contributed by atoms with van der Waals surface area (Å²) in [5, 5.41) is 3.36. The third kappa shape index (κ3) is 2.11. The van der Waals surface area contributed by atoms with Crippen LogP contribution in [0.25, 0.3) is 0 Å². The van der Waals surface area contributed by atoms with Crippen LogP contribution in [-0.2, 0) is 5.41 Å². The molecule has 0 bridgehead atoms. The predicted molar refractivity (Wildman–Crippen MR) is 68.2 cm³/mol. The lowest BCUT2D eigenvalue weighted by molar-refractivity contribution is 0.419. The van der Waals surface area contributed by atoms with Gasteiger partial charge in [0, 0.05) is 16.4 Å². The molecule has 1 aliphatic rings. The van der Waals surface area contributed by atoms with E-state index in [2.05, 4.69) is 52.6 Å². The molecule has 1 aliphatic carbocycles. The van der Waals surface area contributed by atoms with E-state index in [0.717, 1.165) is 6.54 Å². The van der Waals surface area contributed by atoms with Gasteiger partial charge in [0.1, 0.15) is 0 Å². The highest BCUT2D eigenvalue weighted by Gasteiger charge is 2.35. The van der Waals surface area contributed by atoms with Gasteiger partial charge in [0.05, 0.1) is 0 Å². The smallest absolute Gasteiger partial charge is 0.0213 e. The third-order valence-electron chi connectivity index (χ3n) is 3.52. The highest BCUT2D eigenvalue weighted by molar-refractivity contribution is 9.10. The van der Waals surface area contributed by atoms with Crippen LogP contribution in [0.15, 0.2) is 28.7 Å². The van der Waals surface area contributed by atoms with Gasteiger partial charge in [0.25, 0.3) is 0 Å². The largest absolute Gasteiger partial charge is 0.319 e. The Bertz CT molecular complexity index is 329. The maximum absolute atomic E-state index is 3.68. The van der Waals surface area contributed by atoms with E-state index in [1.165, 1.54) is 35.7 Å². The Morgan fingerprint density at radius 2 is 1.93 bits per heavy atom. The van der Waals surface area contributed by atoms with Gasteiger partial charge in [0.15, 0.2) is 0 Å². The number of nitrogens with one attached hydrogen (secondary N) is 1. The van der Waals surface area contributed by atoms with Gasteiger partial charge in [-0.3, -0.25) is 0 Å². The van der Waals surface area contributed by atoms with Crippen molar-refractivity contribution in [1.29, 1.82) is 0 Å². The van der Waals surface area contributed by atoms with Gasteiger partial charge in [-0.1, -0.05) is 47.0 Å². The average Bonchev–Trinajstić information content (AvgIpc) is 2.69. The van der Waals surface area contributed by atoms with Crippen molar-refractivity contribution in [2.45, 2.75) is 31.1 Å². The molecule has 0 spiro atoms. The first kappa shape index (κ1) is 11.2. The Morgan fingerprint density at radius 3 is 2.53 bits per heavy atom. The van der Waals surface area contributed by atoms with Crippen LogP contribution in [0.4, 0.5) is 0 Å². The molecule has 0 amide bonds. The molecule has 82 valence electrons. The second-order valence-electron chi connectivity index (χ2n) is 4.50. The average molecular weight is 268 g/mol. The van der Waals surface area contributed by atoms with Crippen LogP contribution in [0.5, 0.6) is 0 Å². The molecule has 1 N–H and O–H groups in total. The Balaban J connectivity index is 2.36. The molecular formula is C13H18BrN. The van der Waals surface area contributed by atoms with E-state index in [1.54, 1.807) is 0 Å². The molecule has 0 aliphatic heterocycles. The predicted octanol–water partition coefficient (Wildman–Crippen LogP) is 3.48. The first-order chi connectivity index (χ1) is 7.28. The summed E-state index contributed by atoms with van der Waals surface area (Å²) in [6.45, 7) is 1.09.